The first-order chi connectivity index (χ1) is 9.78. The highest BCUT2D eigenvalue weighted by molar-refractivity contribution is 9.10. The van der Waals surface area contributed by atoms with Crippen molar-refractivity contribution in [3.8, 4) is 11.8 Å². The predicted molar refractivity (Wildman–Crippen MR) is 76.1 cm³/mol. The van der Waals surface area contributed by atoms with Crippen LogP contribution in [0.3, 0.4) is 0 Å². The molecule has 3 rings (SSSR count). The summed E-state index contributed by atoms with van der Waals surface area (Å²) in [6, 6.07) is 7.52. The van der Waals surface area contributed by atoms with Gasteiger partial charge in [0.15, 0.2) is 5.82 Å². The molecule has 0 saturated carbocycles. The molecule has 1 aliphatic rings. The van der Waals surface area contributed by atoms with Gasteiger partial charge in [0.05, 0.1) is 5.56 Å². The molecule has 6 heteroatoms. The Hall–Kier alpha value is -1.87. The number of halogens is 1. The van der Waals surface area contributed by atoms with Crippen molar-refractivity contribution in [2.24, 2.45) is 0 Å². The van der Waals surface area contributed by atoms with E-state index in [9.17, 15) is 0 Å². The molecule has 0 N–H and O–H groups in total. The maximum atomic E-state index is 9.11. The van der Waals surface area contributed by atoms with Crippen molar-refractivity contribution in [3.05, 3.63) is 39.9 Å². The molecule has 1 aliphatic heterocycles. The monoisotopic (exact) mass is 332 g/mol. The standard InChI is InChI=1S/C14H13BrN4O/c15-11-4-5-12(10(7-11)8-16)20-9-14-18-17-13-3-1-2-6-19(13)14/h4-5,7H,1-3,6,9H2. The molecule has 0 radical (unpaired) electrons. The van der Waals surface area contributed by atoms with Crippen LogP contribution in [0.2, 0.25) is 0 Å². The summed E-state index contributed by atoms with van der Waals surface area (Å²) in [6.07, 6.45) is 3.30. The number of rotatable bonds is 3. The Balaban J connectivity index is 1.77. The van der Waals surface area contributed by atoms with Crippen LogP contribution in [-0.2, 0) is 19.6 Å². The van der Waals surface area contributed by atoms with E-state index < -0.39 is 0 Å². The van der Waals surface area contributed by atoms with Crippen molar-refractivity contribution >= 4 is 15.9 Å². The summed E-state index contributed by atoms with van der Waals surface area (Å²) >= 11 is 3.34. The lowest BCUT2D eigenvalue weighted by atomic mass is 10.2. The molecule has 0 amide bonds. The first-order valence-electron chi connectivity index (χ1n) is 6.51. The van der Waals surface area contributed by atoms with Crippen LogP contribution in [0.25, 0.3) is 0 Å². The van der Waals surface area contributed by atoms with E-state index in [2.05, 4.69) is 36.8 Å². The molecule has 1 aromatic heterocycles. The minimum Gasteiger partial charge on any atom is -0.484 e. The minimum atomic E-state index is 0.337. The fourth-order valence-corrected chi connectivity index (χ4v) is 2.69. The summed E-state index contributed by atoms with van der Waals surface area (Å²) in [5.74, 6) is 2.43. The third-order valence-electron chi connectivity index (χ3n) is 3.35. The molecule has 2 aromatic rings. The van der Waals surface area contributed by atoms with Gasteiger partial charge in [-0.05, 0) is 31.0 Å². The van der Waals surface area contributed by atoms with Crippen LogP contribution in [0.15, 0.2) is 22.7 Å². The van der Waals surface area contributed by atoms with Crippen LogP contribution in [0, 0.1) is 11.3 Å². The number of nitrogens with zero attached hydrogens (tertiary/aromatic N) is 4. The van der Waals surface area contributed by atoms with E-state index >= 15 is 0 Å². The van der Waals surface area contributed by atoms with E-state index in [1.54, 1.807) is 12.1 Å². The summed E-state index contributed by atoms with van der Waals surface area (Å²) < 4.78 is 8.71. The average molecular weight is 333 g/mol. The van der Waals surface area contributed by atoms with Crippen LogP contribution in [0.1, 0.15) is 30.1 Å². The van der Waals surface area contributed by atoms with E-state index in [1.165, 1.54) is 6.42 Å². The van der Waals surface area contributed by atoms with E-state index in [4.69, 9.17) is 10.00 Å². The Morgan fingerprint density at radius 1 is 1.35 bits per heavy atom. The molecule has 0 bridgehead atoms. The zero-order chi connectivity index (χ0) is 13.9. The Morgan fingerprint density at radius 2 is 2.25 bits per heavy atom. The van der Waals surface area contributed by atoms with E-state index in [1.807, 2.05) is 6.07 Å². The van der Waals surface area contributed by atoms with Crippen LogP contribution in [0.5, 0.6) is 5.75 Å². The van der Waals surface area contributed by atoms with Gasteiger partial charge < -0.3 is 9.30 Å². The first kappa shape index (κ1) is 13.1. The van der Waals surface area contributed by atoms with Gasteiger partial charge in [0.1, 0.15) is 24.3 Å². The van der Waals surface area contributed by atoms with Crippen molar-refractivity contribution < 1.29 is 4.74 Å². The molecule has 0 spiro atoms. The second kappa shape index (κ2) is 5.63. The molecule has 5 nitrogen and oxygen atoms in total. The quantitative estimate of drug-likeness (QED) is 0.866. The smallest absolute Gasteiger partial charge is 0.171 e. The molecule has 0 fully saturated rings. The highest BCUT2D eigenvalue weighted by Crippen LogP contribution is 2.23. The van der Waals surface area contributed by atoms with Gasteiger partial charge >= 0.3 is 0 Å². The van der Waals surface area contributed by atoms with Gasteiger partial charge in [-0.3, -0.25) is 0 Å². The molecule has 20 heavy (non-hydrogen) atoms. The maximum Gasteiger partial charge on any atom is 0.171 e. The third-order valence-corrected chi connectivity index (χ3v) is 3.85. The summed E-state index contributed by atoms with van der Waals surface area (Å²) in [5.41, 5.74) is 0.512. The molecule has 0 atom stereocenters. The lowest BCUT2D eigenvalue weighted by molar-refractivity contribution is 0.285. The highest BCUT2D eigenvalue weighted by Gasteiger charge is 2.16. The number of benzene rings is 1. The van der Waals surface area contributed by atoms with Crippen molar-refractivity contribution in [2.45, 2.75) is 32.4 Å². The van der Waals surface area contributed by atoms with Crippen molar-refractivity contribution in [3.63, 3.8) is 0 Å². The topological polar surface area (TPSA) is 63.7 Å². The third kappa shape index (κ3) is 2.54. The van der Waals surface area contributed by atoms with Gasteiger partial charge in [0.2, 0.25) is 0 Å². The van der Waals surface area contributed by atoms with Gasteiger partial charge in [-0.2, -0.15) is 5.26 Å². The first-order valence-corrected chi connectivity index (χ1v) is 7.30. The Morgan fingerprint density at radius 3 is 3.10 bits per heavy atom. The molecule has 0 aliphatic carbocycles. The zero-order valence-electron chi connectivity index (χ0n) is 10.8. The zero-order valence-corrected chi connectivity index (χ0v) is 12.4. The predicted octanol–water partition coefficient (Wildman–Crippen LogP) is 2.83. The fourth-order valence-electron chi connectivity index (χ4n) is 2.33. The van der Waals surface area contributed by atoms with Gasteiger partial charge in [0.25, 0.3) is 0 Å². The van der Waals surface area contributed by atoms with Gasteiger partial charge in [-0.15, -0.1) is 10.2 Å². The lowest BCUT2D eigenvalue weighted by Crippen LogP contribution is -2.14. The Labute approximate surface area is 125 Å². The van der Waals surface area contributed by atoms with E-state index in [0.717, 1.165) is 35.5 Å². The van der Waals surface area contributed by atoms with Crippen molar-refractivity contribution in [1.29, 1.82) is 5.26 Å². The summed E-state index contributed by atoms with van der Waals surface area (Å²) in [7, 11) is 0. The van der Waals surface area contributed by atoms with Crippen LogP contribution in [0.4, 0.5) is 0 Å². The highest BCUT2D eigenvalue weighted by atomic mass is 79.9. The normalized spacial score (nSPS) is 13.6. The number of hydrogen-bond acceptors (Lipinski definition) is 4. The van der Waals surface area contributed by atoms with Crippen LogP contribution >= 0.6 is 15.9 Å². The van der Waals surface area contributed by atoms with Crippen molar-refractivity contribution in [1.82, 2.24) is 14.8 Å². The molecule has 0 unspecified atom stereocenters. The largest absolute Gasteiger partial charge is 0.484 e. The van der Waals surface area contributed by atoms with Gasteiger partial charge in [-0.1, -0.05) is 15.9 Å². The summed E-state index contributed by atoms with van der Waals surface area (Å²) in [6.45, 7) is 1.29. The fraction of sp³-hybridized carbons (Fsp3) is 0.357. The second-order valence-electron chi connectivity index (χ2n) is 4.68. The summed E-state index contributed by atoms with van der Waals surface area (Å²) in [5, 5.41) is 17.5. The Bertz CT molecular complexity index is 674. The van der Waals surface area contributed by atoms with Crippen molar-refractivity contribution in [2.75, 3.05) is 0 Å². The van der Waals surface area contributed by atoms with Crippen LogP contribution < -0.4 is 4.74 Å². The van der Waals surface area contributed by atoms with Gasteiger partial charge in [0, 0.05) is 17.4 Å². The molecular formula is C14H13BrN4O. The van der Waals surface area contributed by atoms with Crippen LogP contribution in [-0.4, -0.2) is 14.8 Å². The molecular weight excluding hydrogens is 320 g/mol. The van der Waals surface area contributed by atoms with E-state index in [0.29, 0.717) is 17.9 Å². The number of fused-ring (bicyclic) bond motifs is 1. The minimum absolute atomic E-state index is 0.337. The molecule has 2 heterocycles. The molecule has 102 valence electrons. The Kier molecular flexibility index (Phi) is 3.70. The molecule has 0 saturated heterocycles. The second-order valence-corrected chi connectivity index (χ2v) is 5.60. The lowest BCUT2D eigenvalue weighted by Gasteiger charge is -2.15. The number of aromatic nitrogens is 3. The maximum absolute atomic E-state index is 9.11. The number of ether oxygens (including phenoxy) is 1. The number of nitriles is 1. The number of aryl methyl sites for hydroxylation is 1. The molecule has 1 aromatic carbocycles. The SMILES string of the molecule is N#Cc1cc(Br)ccc1OCc1nnc2n1CCCC2. The van der Waals surface area contributed by atoms with Gasteiger partial charge in [-0.25, -0.2) is 0 Å². The number of hydrogen-bond donors (Lipinski definition) is 0. The average Bonchev–Trinajstić information content (AvgIpc) is 2.89. The van der Waals surface area contributed by atoms with E-state index in [-0.39, 0.29) is 0 Å². The summed E-state index contributed by atoms with van der Waals surface area (Å²) in [4.78, 5) is 0.